The summed E-state index contributed by atoms with van der Waals surface area (Å²) in [6.07, 6.45) is 0.647. The van der Waals surface area contributed by atoms with Crippen LogP contribution in [0.3, 0.4) is 0 Å². The molecule has 174 valence electrons. The Balaban J connectivity index is 1.94. The van der Waals surface area contributed by atoms with Crippen LogP contribution in [0, 0.1) is 13.8 Å². The van der Waals surface area contributed by atoms with E-state index in [1.54, 1.807) is 24.3 Å². The molecular weight excluding hydrogens is 418 g/mol. The normalized spacial score (nSPS) is 13.8. The van der Waals surface area contributed by atoms with E-state index >= 15 is 0 Å². The van der Waals surface area contributed by atoms with Gasteiger partial charge in [-0.25, -0.2) is 0 Å². The minimum atomic E-state index is -0.355. The number of hydrogen-bond acceptors (Lipinski definition) is 5. The fourth-order valence-corrected chi connectivity index (χ4v) is 3.63. The molecule has 0 saturated carbocycles. The van der Waals surface area contributed by atoms with Crippen LogP contribution in [0.4, 0.5) is 11.4 Å². The number of imide groups is 1. The van der Waals surface area contributed by atoms with E-state index in [0.29, 0.717) is 29.9 Å². The average Bonchev–Trinajstić information content (AvgIpc) is 2.98. The molecule has 1 aliphatic rings. The second-order valence-electron chi connectivity index (χ2n) is 8.49. The number of benzene rings is 2. The van der Waals surface area contributed by atoms with Gasteiger partial charge in [0.05, 0.1) is 11.7 Å². The molecule has 1 aliphatic heterocycles. The third-order valence-electron chi connectivity index (χ3n) is 5.29. The Morgan fingerprint density at radius 2 is 1.73 bits per heavy atom. The summed E-state index contributed by atoms with van der Waals surface area (Å²) in [6, 6.07) is 12.8. The number of carbonyl (C=O) groups is 3. The van der Waals surface area contributed by atoms with Crippen LogP contribution in [0.25, 0.3) is 5.57 Å². The van der Waals surface area contributed by atoms with Crippen LogP contribution in [-0.4, -0.2) is 41.9 Å². The van der Waals surface area contributed by atoms with Gasteiger partial charge in [-0.3, -0.25) is 19.3 Å². The Morgan fingerprint density at radius 1 is 1.03 bits per heavy atom. The molecule has 0 aliphatic carbocycles. The van der Waals surface area contributed by atoms with Gasteiger partial charge < -0.3 is 15.4 Å². The number of carbonyl (C=O) groups excluding carboxylic acids is 3. The highest BCUT2D eigenvalue weighted by Gasteiger charge is 2.39. The van der Waals surface area contributed by atoms with Gasteiger partial charge in [0.1, 0.15) is 5.70 Å². The first kappa shape index (κ1) is 24.2. The van der Waals surface area contributed by atoms with Crippen molar-refractivity contribution in [3.63, 3.8) is 0 Å². The van der Waals surface area contributed by atoms with E-state index in [4.69, 9.17) is 4.74 Å². The van der Waals surface area contributed by atoms with Crippen LogP contribution in [-0.2, 0) is 19.1 Å². The Labute approximate surface area is 194 Å². The predicted octanol–water partition coefficient (Wildman–Crippen LogP) is 4.27. The van der Waals surface area contributed by atoms with Crippen molar-refractivity contribution in [2.75, 3.05) is 23.8 Å². The fraction of sp³-hybridized carbons (Fsp3) is 0.346. The van der Waals surface area contributed by atoms with Crippen LogP contribution in [0.2, 0.25) is 0 Å². The van der Waals surface area contributed by atoms with E-state index < -0.39 is 0 Å². The Hall–Kier alpha value is -3.45. The summed E-state index contributed by atoms with van der Waals surface area (Å²) < 4.78 is 5.57. The average molecular weight is 450 g/mol. The maximum absolute atomic E-state index is 13.4. The second kappa shape index (κ2) is 10.4. The first-order valence-electron chi connectivity index (χ1n) is 11.1. The molecule has 0 fully saturated rings. The molecule has 33 heavy (non-hydrogen) atoms. The minimum Gasteiger partial charge on any atom is -0.379 e. The quantitative estimate of drug-likeness (QED) is 0.441. The van der Waals surface area contributed by atoms with E-state index in [2.05, 4.69) is 10.6 Å². The first-order chi connectivity index (χ1) is 15.7. The van der Waals surface area contributed by atoms with Crippen LogP contribution in [0.15, 0.2) is 48.2 Å². The number of nitrogens with zero attached hydrogens (tertiary/aromatic N) is 1. The van der Waals surface area contributed by atoms with Crippen molar-refractivity contribution in [1.82, 2.24) is 4.90 Å². The molecular formula is C26H31N3O4. The highest BCUT2D eigenvalue weighted by atomic mass is 16.5. The van der Waals surface area contributed by atoms with Crippen LogP contribution in [0.1, 0.15) is 43.9 Å². The number of ether oxygens (including phenoxy) is 1. The van der Waals surface area contributed by atoms with E-state index in [1.165, 1.54) is 11.8 Å². The van der Waals surface area contributed by atoms with Crippen LogP contribution < -0.4 is 10.6 Å². The highest BCUT2D eigenvalue weighted by Crippen LogP contribution is 2.32. The summed E-state index contributed by atoms with van der Waals surface area (Å²) in [7, 11) is 0. The molecule has 0 bridgehead atoms. The summed E-state index contributed by atoms with van der Waals surface area (Å²) in [4.78, 5) is 39.3. The maximum atomic E-state index is 13.4. The molecule has 0 aromatic heterocycles. The van der Waals surface area contributed by atoms with Crippen molar-refractivity contribution < 1.29 is 19.1 Å². The summed E-state index contributed by atoms with van der Waals surface area (Å²) >= 11 is 0. The molecule has 3 rings (SSSR count). The standard InChI is InChI=1S/C26H31N3O4/c1-16(2)33-14-6-13-29-25(31)23(20-9-11-21(12-10-20)27-19(5)30)24(26(29)32)28-22-15-17(3)7-8-18(22)4/h7-12,15-16,28H,6,13-14H2,1-5H3,(H,27,30). The molecule has 0 spiro atoms. The molecule has 7 nitrogen and oxygen atoms in total. The van der Waals surface area contributed by atoms with Gasteiger partial charge in [0.25, 0.3) is 11.8 Å². The molecule has 2 N–H and O–H groups in total. The van der Waals surface area contributed by atoms with Gasteiger partial charge in [-0.1, -0.05) is 24.3 Å². The molecule has 0 atom stereocenters. The third kappa shape index (κ3) is 5.87. The van der Waals surface area contributed by atoms with Gasteiger partial charge in [0, 0.05) is 31.5 Å². The molecule has 0 unspecified atom stereocenters. The lowest BCUT2D eigenvalue weighted by Gasteiger charge is -2.16. The minimum absolute atomic E-state index is 0.0901. The van der Waals surface area contributed by atoms with E-state index in [1.807, 2.05) is 45.9 Å². The van der Waals surface area contributed by atoms with Gasteiger partial charge in [-0.15, -0.1) is 0 Å². The number of amides is 3. The Morgan fingerprint density at radius 3 is 2.36 bits per heavy atom. The number of aryl methyl sites for hydroxylation is 2. The van der Waals surface area contributed by atoms with Crippen LogP contribution >= 0.6 is 0 Å². The number of nitrogens with one attached hydrogen (secondary N) is 2. The largest absolute Gasteiger partial charge is 0.379 e. The Kier molecular flexibility index (Phi) is 7.66. The number of rotatable bonds is 9. The molecule has 0 radical (unpaired) electrons. The van der Waals surface area contributed by atoms with Crippen molar-refractivity contribution in [1.29, 1.82) is 0 Å². The van der Waals surface area contributed by atoms with Gasteiger partial charge in [-0.05, 0) is 69.0 Å². The summed E-state index contributed by atoms with van der Waals surface area (Å²) in [5, 5.41) is 5.94. The smallest absolute Gasteiger partial charge is 0.278 e. The zero-order chi connectivity index (χ0) is 24.1. The second-order valence-corrected chi connectivity index (χ2v) is 8.49. The molecule has 1 heterocycles. The van der Waals surface area contributed by atoms with Gasteiger partial charge in [-0.2, -0.15) is 0 Å². The first-order valence-corrected chi connectivity index (χ1v) is 11.1. The summed E-state index contributed by atoms with van der Waals surface area (Å²) in [5.74, 6) is -0.878. The molecule has 3 amide bonds. The van der Waals surface area contributed by atoms with Crippen molar-refractivity contribution in [3.05, 3.63) is 64.9 Å². The molecule has 0 saturated heterocycles. The molecule has 2 aromatic rings. The third-order valence-corrected chi connectivity index (χ3v) is 5.29. The lowest BCUT2D eigenvalue weighted by atomic mass is 10.0. The summed E-state index contributed by atoms with van der Waals surface area (Å²) in [6.45, 7) is 9.99. The SMILES string of the molecule is CC(=O)Nc1ccc(C2=C(Nc3cc(C)ccc3C)C(=O)N(CCCOC(C)C)C2=O)cc1. The van der Waals surface area contributed by atoms with E-state index in [0.717, 1.165) is 16.8 Å². The van der Waals surface area contributed by atoms with Gasteiger partial charge >= 0.3 is 0 Å². The zero-order valence-electron chi connectivity index (χ0n) is 19.8. The highest BCUT2D eigenvalue weighted by molar-refractivity contribution is 6.36. The van der Waals surface area contributed by atoms with Crippen molar-refractivity contribution in [2.24, 2.45) is 0 Å². The maximum Gasteiger partial charge on any atom is 0.278 e. The van der Waals surface area contributed by atoms with Gasteiger partial charge in [0.15, 0.2) is 0 Å². The summed E-state index contributed by atoms with van der Waals surface area (Å²) in [5.41, 5.74) is 4.60. The topological polar surface area (TPSA) is 87.7 Å². The molecule has 7 heteroatoms. The Bertz CT molecular complexity index is 1090. The number of hydrogen-bond donors (Lipinski definition) is 2. The van der Waals surface area contributed by atoms with Crippen molar-refractivity contribution in [2.45, 2.75) is 47.1 Å². The molecule has 2 aromatic carbocycles. The van der Waals surface area contributed by atoms with Gasteiger partial charge in [0.2, 0.25) is 5.91 Å². The lowest BCUT2D eigenvalue weighted by Crippen LogP contribution is -2.34. The number of anilines is 2. The van der Waals surface area contributed by atoms with E-state index in [9.17, 15) is 14.4 Å². The van der Waals surface area contributed by atoms with Crippen molar-refractivity contribution in [3.8, 4) is 0 Å². The predicted molar refractivity (Wildman–Crippen MR) is 130 cm³/mol. The van der Waals surface area contributed by atoms with Crippen LogP contribution in [0.5, 0.6) is 0 Å². The lowest BCUT2D eigenvalue weighted by molar-refractivity contribution is -0.137. The van der Waals surface area contributed by atoms with E-state index in [-0.39, 0.29) is 36.1 Å². The van der Waals surface area contributed by atoms with Crippen molar-refractivity contribution >= 4 is 34.7 Å². The zero-order valence-corrected chi connectivity index (χ0v) is 19.8. The fourth-order valence-electron chi connectivity index (χ4n) is 3.63. The monoisotopic (exact) mass is 449 g/mol.